The lowest BCUT2D eigenvalue weighted by molar-refractivity contribution is 0.194. The number of aromatic nitrogens is 5. The van der Waals surface area contributed by atoms with Gasteiger partial charge in [0.05, 0.1) is 18.4 Å². The lowest BCUT2D eigenvalue weighted by Crippen LogP contribution is -2.47. The van der Waals surface area contributed by atoms with Crippen molar-refractivity contribution in [3.8, 4) is 0 Å². The Balaban J connectivity index is 1.40. The first kappa shape index (κ1) is 17.3. The van der Waals surface area contributed by atoms with Gasteiger partial charge in [-0.1, -0.05) is 18.2 Å². The first-order valence-corrected chi connectivity index (χ1v) is 9.83. The Morgan fingerprint density at radius 3 is 2.68 bits per heavy atom. The van der Waals surface area contributed by atoms with Crippen LogP contribution in [0.4, 0.5) is 5.82 Å². The van der Waals surface area contributed by atoms with Crippen molar-refractivity contribution in [1.82, 2.24) is 29.0 Å². The summed E-state index contributed by atoms with van der Waals surface area (Å²) < 4.78 is 4.75. The summed E-state index contributed by atoms with van der Waals surface area (Å²) in [6, 6.07) is 10.5. The van der Waals surface area contributed by atoms with E-state index in [9.17, 15) is 0 Å². The molecule has 8 heteroatoms. The van der Waals surface area contributed by atoms with Crippen LogP contribution >= 0.6 is 12.2 Å². The first-order chi connectivity index (χ1) is 13.7. The molecule has 1 aliphatic heterocycles. The predicted octanol–water partition coefficient (Wildman–Crippen LogP) is 2.90. The predicted molar refractivity (Wildman–Crippen MR) is 112 cm³/mol. The largest absolute Gasteiger partial charge is 0.353 e. The highest BCUT2D eigenvalue weighted by molar-refractivity contribution is 7.71. The molecule has 1 saturated heterocycles. The maximum atomic E-state index is 5.77. The van der Waals surface area contributed by atoms with E-state index >= 15 is 0 Å². The second-order valence-electron chi connectivity index (χ2n) is 7.13. The number of fused-ring (bicyclic) bond motifs is 3. The van der Waals surface area contributed by atoms with Crippen molar-refractivity contribution >= 4 is 34.6 Å². The van der Waals surface area contributed by atoms with Crippen LogP contribution in [0.5, 0.6) is 0 Å². The average Bonchev–Trinajstić information content (AvgIpc) is 3.04. The summed E-state index contributed by atoms with van der Waals surface area (Å²) in [5, 5.41) is 6.00. The second-order valence-corrected chi connectivity index (χ2v) is 7.50. The van der Waals surface area contributed by atoms with E-state index in [2.05, 4.69) is 55.4 Å². The molecule has 28 heavy (non-hydrogen) atoms. The Bertz CT molecular complexity index is 1190. The quantitative estimate of drug-likeness (QED) is 0.501. The van der Waals surface area contributed by atoms with E-state index in [4.69, 9.17) is 17.3 Å². The van der Waals surface area contributed by atoms with Crippen LogP contribution in [0.2, 0.25) is 0 Å². The third kappa shape index (κ3) is 2.94. The van der Waals surface area contributed by atoms with E-state index in [1.54, 1.807) is 12.4 Å². The van der Waals surface area contributed by atoms with Crippen LogP contribution in [-0.2, 0) is 6.67 Å². The van der Waals surface area contributed by atoms with E-state index in [-0.39, 0.29) is 0 Å². The molecule has 3 aromatic heterocycles. The second kappa shape index (κ2) is 6.96. The zero-order chi connectivity index (χ0) is 19.1. The molecule has 0 unspecified atom stereocenters. The van der Waals surface area contributed by atoms with E-state index in [0.29, 0.717) is 6.67 Å². The molecule has 0 N–H and O–H groups in total. The Morgan fingerprint density at radius 2 is 1.89 bits per heavy atom. The zero-order valence-electron chi connectivity index (χ0n) is 15.7. The maximum absolute atomic E-state index is 5.77. The Kier molecular flexibility index (Phi) is 4.29. The van der Waals surface area contributed by atoms with Crippen LogP contribution in [-0.4, -0.2) is 55.2 Å². The summed E-state index contributed by atoms with van der Waals surface area (Å²) in [7, 11) is 0. The molecule has 0 saturated carbocycles. The molecule has 0 atom stereocenters. The third-order valence-corrected chi connectivity index (χ3v) is 5.75. The molecule has 4 heterocycles. The number of rotatable bonds is 3. The van der Waals surface area contributed by atoms with E-state index in [0.717, 1.165) is 47.9 Å². The molecule has 0 aliphatic carbocycles. The van der Waals surface area contributed by atoms with Crippen molar-refractivity contribution in [2.24, 2.45) is 0 Å². The summed E-state index contributed by atoms with van der Waals surface area (Å²) in [4.78, 5) is 13.2. The number of hydrogen-bond acceptors (Lipinski definition) is 6. The fourth-order valence-electron chi connectivity index (χ4n) is 3.87. The molecule has 0 bridgehead atoms. The van der Waals surface area contributed by atoms with E-state index in [1.807, 2.05) is 16.9 Å². The Morgan fingerprint density at radius 1 is 1.07 bits per heavy atom. The fourth-order valence-corrected chi connectivity index (χ4v) is 4.16. The van der Waals surface area contributed by atoms with Gasteiger partial charge in [-0.25, -0.2) is 9.67 Å². The summed E-state index contributed by atoms with van der Waals surface area (Å²) in [5.74, 6) is 0.938. The minimum Gasteiger partial charge on any atom is -0.353 e. The van der Waals surface area contributed by atoms with E-state index in [1.165, 1.54) is 10.9 Å². The Labute approximate surface area is 167 Å². The summed E-state index contributed by atoms with van der Waals surface area (Å²) in [6.45, 7) is 6.53. The highest BCUT2D eigenvalue weighted by Gasteiger charge is 2.19. The number of nitrogens with zero attached hydrogens (tertiary/aromatic N) is 7. The molecule has 1 aliphatic rings. The molecule has 0 spiro atoms. The molecule has 1 fully saturated rings. The number of hydrogen-bond donors (Lipinski definition) is 0. The third-order valence-electron chi connectivity index (χ3n) is 5.36. The smallest absolute Gasteiger partial charge is 0.204 e. The van der Waals surface area contributed by atoms with Gasteiger partial charge in [0.2, 0.25) is 4.77 Å². The molecule has 1 aromatic carbocycles. The van der Waals surface area contributed by atoms with Crippen molar-refractivity contribution in [3.63, 3.8) is 0 Å². The summed E-state index contributed by atoms with van der Waals surface area (Å²) in [6.07, 6.45) is 5.27. The van der Waals surface area contributed by atoms with Gasteiger partial charge in [-0.15, -0.1) is 0 Å². The van der Waals surface area contributed by atoms with Crippen LogP contribution in [0, 0.1) is 11.7 Å². The molecule has 5 rings (SSSR count). The molecule has 0 amide bonds. The topological polar surface area (TPSA) is 54.5 Å². The lowest BCUT2D eigenvalue weighted by atomic mass is 10.1. The highest BCUT2D eigenvalue weighted by atomic mass is 32.1. The van der Waals surface area contributed by atoms with Gasteiger partial charge in [0.1, 0.15) is 5.82 Å². The van der Waals surface area contributed by atoms with Gasteiger partial charge in [-0.05, 0) is 36.8 Å². The monoisotopic (exact) mass is 391 g/mol. The van der Waals surface area contributed by atoms with Crippen molar-refractivity contribution in [1.29, 1.82) is 0 Å². The highest BCUT2D eigenvalue weighted by Crippen LogP contribution is 2.21. The number of anilines is 1. The van der Waals surface area contributed by atoms with Gasteiger partial charge < -0.3 is 4.90 Å². The molecular formula is C20H21N7S. The van der Waals surface area contributed by atoms with Gasteiger partial charge >= 0.3 is 0 Å². The first-order valence-electron chi connectivity index (χ1n) is 9.42. The fraction of sp³-hybridized carbons (Fsp3) is 0.300. The molecule has 7 nitrogen and oxygen atoms in total. The van der Waals surface area contributed by atoms with Crippen molar-refractivity contribution in [2.45, 2.75) is 13.6 Å². The van der Waals surface area contributed by atoms with Crippen LogP contribution in [0.15, 0.2) is 48.9 Å². The van der Waals surface area contributed by atoms with Crippen molar-refractivity contribution in [3.05, 3.63) is 59.3 Å². The zero-order valence-corrected chi connectivity index (χ0v) is 16.5. The maximum Gasteiger partial charge on any atom is 0.204 e. The number of benzene rings is 1. The van der Waals surface area contributed by atoms with Crippen LogP contribution in [0.25, 0.3) is 16.6 Å². The number of aryl methyl sites for hydroxylation is 1. The normalized spacial score (nSPS) is 15.5. The van der Waals surface area contributed by atoms with Crippen LogP contribution < -0.4 is 4.90 Å². The molecule has 142 valence electrons. The van der Waals surface area contributed by atoms with Crippen molar-refractivity contribution < 1.29 is 0 Å². The minimum atomic E-state index is 0.697. The molecular weight excluding hydrogens is 370 g/mol. The lowest BCUT2D eigenvalue weighted by Gasteiger charge is -2.34. The molecule has 0 radical (unpaired) electrons. The van der Waals surface area contributed by atoms with Crippen molar-refractivity contribution in [2.75, 3.05) is 31.1 Å². The Hall–Kier alpha value is -2.84. The summed E-state index contributed by atoms with van der Waals surface area (Å²) in [5.41, 5.74) is 3.23. The van der Waals surface area contributed by atoms with Crippen LogP contribution in [0.1, 0.15) is 5.56 Å². The van der Waals surface area contributed by atoms with Crippen LogP contribution in [0.3, 0.4) is 0 Å². The number of pyridine rings is 1. The number of piperazine rings is 1. The van der Waals surface area contributed by atoms with Gasteiger partial charge in [0, 0.05) is 44.0 Å². The summed E-state index contributed by atoms with van der Waals surface area (Å²) >= 11 is 5.77. The standard InChI is InChI=1S/C20H21N7S/c1-15-12-18-23-26(20(28)27(18)17-5-3-2-4-16(15)17)14-24-8-10-25(11-9-24)19-13-21-6-7-22-19/h2-7,12-13H,8-11,14H2,1H3. The number of para-hydroxylation sites is 1. The van der Waals surface area contributed by atoms with Gasteiger partial charge in [0.15, 0.2) is 5.65 Å². The van der Waals surface area contributed by atoms with Gasteiger partial charge in [0.25, 0.3) is 0 Å². The van der Waals surface area contributed by atoms with E-state index < -0.39 is 0 Å². The SMILES string of the molecule is Cc1cc2nn(CN3CCN(c4cnccn4)CC3)c(=S)n2c2ccccc12. The van der Waals surface area contributed by atoms with Gasteiger partial charge in [-0.2, -0.15) is 5.10 Å². The van der Waals surface area contributed by atoms with Gasteiger partial charge in [-0.3, -0.25) is 14.3 Å². The average molecular weight is 392 g/mol. The molecule has 4 aromatic rings. The minimum absolute atomic E-state index is 0.697.